The molecule has 18 heavy (non-hydrogen) atoms. The van der Waals surface area contributed by atoms with Gasteiger partial charge in [-0.2, -0.15) is 0 Å². The maximum atomic E-state index is 10.3. The highest BCUT2D eigenvalue weighted by molar-refractivity contribution is 9.10. The first-order valence-electron chi connectivity index (χ1n) is 5.75. The van der Waals surface area contributed by atoms with E-state index in [4.69, 9.17) is 11.6 Å². The molecule has 0 aliphatic rings. The van der Waals surface area contributed by atoms with Gasteiger partial charge in [-0.3, -0.25) is 0 Å². The van der Waals surface area contributed by atoms with E-state index in [2.05, 4.69) is 15.9 Å². The van der Waals surface area contributed by atoms with Gasteiger partial charge < -0.3 is 5.11 Å². The number of aryl methyl sites for hydroxylation is 1. The molecule has 2 aromatic carbocycles. The van der Waals surface area contributed by atoms with Gasteiger partial charge in [0.25, 0.3) is 0 Å². The van der Waals surface area contributed by atoms with Crippen molar-refractivity contribution in [3.8, 4) is 0 Å². The molecule has 1 atom stereocenters. The van der Waals surface area contributed by atoms with Crippen molar-refractivity contribution in [3.05, 3.63) is 68.7 Å². The zero-order valence-electron chi connectivity index (χ0n) is 10.0. The van der Waals surface area contributed by atoms with E-state index in [1.54, 1.807) is 0 Å². The molecule has 0 saturated carbocycles. The molecule has 1 N–H and O–H groups in total. The van der Waals surface area contributed by atoms with Crippen molar-refractivity contribution in [2.75, 3.05) is 0 Å². The molecular formula is C15H14BrClO. The van der Waals surface area contributed by atoms with E-state index in [-0.39, 0.29) is 0 Å². The third-order valence-corrected chi connectivity index (χ3v) is 4.00. The second-order valence-electron chi connectivity index (χ2n) is 4.33. The molecule has 0 radical (unpaired) electrons. The number of benzene rings is 2. The molecule has 2 rings (SSSR count). The van der Waals surface area contributed by atoms with Crippen LogP contribution in [0.1, 0.15) is 22.8 Å². The van der Waals surface area contributed by atoms with Gasteiger partial charge in [-0.05, 0) is 29.7 Å². The molecular weight excluding hydrogens is 312 g/mol. The van der Waals surface area contributed by atoms with Crippen LogP contribution in [0.25, 0.3) is 0 Å². The summed E-state index contributed by atoms with van der Waals surface area (Å²) in [6, 6.07) is 13.7. The van der Waals surface area contributed by atoms with Crippen LogP contribution in [-0.2, 0) is 6.42 Å². The van der Waals surface area contributed by atoms with E-state index in [1.165, 1.54) is 0 Å². The summed E-state index contributed by atoms with van der Waals surface area (Å²) in [6.45, 7) is 1.94. The molecule has 0 saturated heterocycles. The van der Waals surface area contributed by atoms with Gasteiger partial charge in [0.15, 0.2) is 0 Å². The van der Waals surface area contributed by atoms with Crippen LogP contribution in [0.2, 0.25) is 5.02 Å². The number of aliphatic hydroxyl groups excluding tert-OH is 1. The lowest BCUT2D eigenvalue weighted by atomic mass is 10.00. The average Bonchev–Trinajstić information content (AvgIpc) is 2.35. The fraction of sp³-hybridized carbons (Fsp3) is 0.200. The van der Waals surface area contributed by atoms with Crippen LogP contribution in [0, 0.1) is 6.92 Å². The number of aliphatic hydroxyl groups is 1. The highest BCUT2D eigenvalue weighted by Crippen LogP contribution is 2.31. The Labute approximate surface area is 121 Å². The van der Waals surface area contributed by atoms with Crippen molar-refractivity contribution < 1.29 is 5.11 Å². The van der Waals surface area contributed by atoms with Gasteiger partial charge in [-0.25, -0.2) is 0 Å². The lowest BCUT2D eigenvalue weighted by molar-refractivity contribution is 0.177. The smallest absolute Gasteiger partial charge is 0.0841 e. The predicted octanol–water partition coefficient (Wildman–Crippen LogP) is 4.69. The van der Waals surface area contributed by atoms with Crippen molar-refractivity contribution in [3.63, 3.8) is 0 Å². The van der Waals surface area contributed by atoms with Crippen LogP contribution in [-0.4, -0.2) is 5.11 Å². The SMILES string of the molecule is Cc1cc(C(O)Cc2ccccc2)c(Br)cc1Cl. The quantitative estimate of drug-likeness (QED) is 0.868. The second-order valence-corrected chi connectivity index (χ2v) is 5.59. The number of rotatable bonds is 3. The summed E-state index contributed by atoms with van der Waals surface area (Å²) in [5.41, 5.74) is 2.97. The number of hydrogen-bond acceptors (Lipinski definition) is 1. The fourth-order valence-electron chi connectivity index (χ4n) is 1.88. The number of halogens is 2. The Morgan fingerprint density at radius 2 is 1.89 bits per heavy atom. The average molecular weight is 326 g/mol. The largest absolute Gasteiger partial charge is 0.388 e. The summed E-state index contributed by atoms with van der Waals surface area (Å²) in [5.74, 6) is 0. The van der Waals surface area contributed by atoms with E-state index in [1.807, 2.05) is 49.4 Å². The van der Waals surface area contributed by atoms with Crippen molar-refractivity contribution >= 4 is 27.5 Å². The molecule has 0 amide bonds. The number of hydrogen-bond donors (Lipinski definition) is 1. The third-order valence-electron chi connectivity index (χ3n) is 2.91. The monoisotopic (exact) mass is 324 g/mol. The second kappa shape index (κ2) is 5.87. The Balaban J connectivity index is 2.24. The van der Waals surface area contributed by atoms with Crippen LogP contribution in [0.5, 0.6) is 0 Å². The molecule has 0 spiro atoms. The Kier molecular flexibility index (Phi) is 4.44. The van der Waals surface area contributed by atoms with Gasteiger partial charge >= 0.3 is 0 Å². The van der Waals surface area contributed by atoms with E-state index < -0.39 is 6.10 Å². The van der Waals surface area contributed by atoms with Gasteiger partial charge in [0.1, 0.15) is 0 Å². The van der Waals surface area contributed by atoms with Gasteiger partial charge in [0.2, 0.25) is 0 Å². The maximum absolute atomic E-state index is 10.3. The molecule has 94 valence electrons. The summed E-state index contributed by atoms with van der Waals surface area (Å²) in [6.07, 6.45) is 0.0679. The van der Waals surface area contributed by atoms with Crippen LogP contribution in [0.4, 0.5) is 0 Å². The standard InChI is InChI=1S/C15H14BrClO/c1-10-7-12(13(16)9-14(10)17)15(18)8-11-5-3-2-4-6-11/h2-7,9,15,18H,8H2,1H3. The lowest BCUT2D eigenvalue weighted by Gasteiger charge is -2.14. The highest BCUT2D eigenvalue weighted by atomic mass is 79.9. The molecule has 0 fully saturated rings. The predicted molar refractivity (Wildman–Crippen MR) is 79.0 cm³/mol. The first-order valence-corrected chi connectivity index (χ1v) is 6.92. The Morgan fingerprint density at radius 3 is 2.56 bits per heavy atom. The van der Waals surface area contributed by atoms with E-state index in [0.717, 1.165) is 21.2 Å². The Bertz CT molecular complexity index is 540. The minimum atomic E-state index is -0.530. The molecule has 0 aliphatic carbocycles. The molecule has 1 nitrogen and oxygen atoms in total. The molecule has 2 aromatic rings. The van der Waals surface area contributed by atoms with Gasteiger partial charge in [0.05, 0.1) is 6.10 Å². The summed E-state index contributed by atoms with van der Waals surface area (Å²) in [4.78, 5) is 0. The molecule has 0 aromatic heterocycles. The highest BCUT2D eigenvalue weighted by Gasteiger charge is 2.13. The zero-order chi connectivity index (χ0) is 13.1. The van der Waals surface area contributed by atoms with Crippen LogP contribution < -0.4 is 0 Å². The summed E-state index contributed by atoms with van der Waals surface area (Å²) in [7, 11) is 0. The third kappa shape index (κ3) is 3.14. The van der Waals surface area contributed by atoms with Crippen molar-refractivity contribution in [2.45, 2.75) is 19.4 Å². The van der Waals surface area contributed by atoms with Gasteiger partial charge in [-0.1, -0.05) is 63.9 Å². The first kappa shape index (κ1) is 13.6. The Hall–Kier alpha value is -0.830. The molecule has 0 bridgehead atoms. The molecule has 0 heterocycles. The minimum Gasteiger partial charge on any atom is -0.388 e. The van der Waals surface area contributed by atoms with Crippen LogP contribution in [0.3, 0.4) is 0 Å². The maximum Gasteiger partial charge on any atom is 0.0841 e. The van der Waals surface area contributed by atoms with E-state index in [9.17, 15) is 5.11 Å². The van der Waals surface area contributed by atoms with Crippen molar-refractivity contribution in [1.29, 1.82) is 0 Å². The topological polar surface area (TPSA) is 20.2 Å². The van der Waals surface area contributed by atoms with Crippen LogP contribution in [0.15, 0.2) is 46.9 Å². The molecule has 1 unspecified atom stereocenters. The first-order chi connectivity index (χ1) is 8.58. The molecule has 0 aliphatic heterocycles. The normalized spacial score (nSPS) is 12.4. The van der Waals surface area contributed by atoms with Crippen LogP contribution >= 0.6 is 27.5 Å². The van der Waals surface area contributed by atoms with Crippen molar-refractivity contribution in [2.24, 2.45) is 0 Å². The summed E-state index contributed by atoms with van der Waals surface area (Å²) >= 11 is 9.49. The Morgan fingerprint density at radius 1 is 1.22 bits per heavy atom. The lowest BCUT2D eigenvalue weighted by Crippen LogP contribution is -2.03. The van der Waals surface area contributed by atoms with Gasteiger partial charge in [-0.15, -0.1) is 0 Å². The van der Waals surface area contributed by atoms with E-state index in [0.29, 0.717) is 11.4 Å². The fourth-order valence-corrected chi connectivity index (χ4v) is 2.79. The molecule has 3 heteroatoms. The van der Waals surface area contributed by atoms with Crippen molar-refractivity contribution in [1.82, 2.24) is 0 Å². The summed E-state index contributed by atoms with van der Waals surface area (Å²) in [5, 5.41) is 11.0. The zero-order valence-corrected chi connectivity index (χ0v) is 12.4. The summed E-state index contributed by atoms with van der Waals surface area (Å²) < 4.78 is 0.849. The minimum absolute atomic E-state index is 0.530. The van der Waals surface area contributed by atoms with Gasteiger partial charge in [0, 0.05) is 15.9 Å². The van der Waals surface area contributed by atoms with E-state index >= 15 is 0 Å².